The van der Waals surface area contributed by atoms with Crippen LogP contribution in [0.1, 0.15) is 32.7 Å². The monoisotopic (exact) mass is 412 g/mol. The molecule has 0 aromatic carbocycles. The molecule has 2 aromatic rings. The van der Waals surface area contributed by atoms with E-state index in [4.69, 9.17) is 4.98 Å². The molecule has 4 rings (SSSR count). The van der Waals surface area contributed by atoms with Gasteiger partial charge in [0.25, 0.3) is 0 Å². The molecule has 2 aliphatic rings. The average Bonchev–Trinajstić information content (AvgIpc) is 2.74. The van der Waals surface area contributed by atoms with Crippen molar-refractivity contribution in [2.75, 3.05) is 61.0 Å². The summed E-state index contributed by atoms with van der Waals surface area (Å²) in [7, 11) is 2.15. The highest BCUT2D eigenvalue weighted by atomic mass is 16.3. The Morgan fingerprint density at radius 3 is 2.20 bits per heavy atom. The second kappa shape index (κ2) is 8.69. The summed E-state index contributed by atoms with van der Waals surface area (Å²) < 4.78 is 0. The Balaban J connectivity index is 1.50. The lowest BCUT2D eigenvalue weighted by Crippen LogP contribution is -2.57. The lowest BCUT2D eigenvalue weighted by atomic mass is 10.1. The van der Waals surface area contributed by atoms with Gasteiger partial charge in [-0.1, -0.05) is 0 Å². The first-order chi connectivity index (χ1) is 14.4. The van der Waals surface area contributed by atoms with Crippen LogP contribution in [0.15, 0.2) is 24.5 Å². The van der Waals surface area contributed by atoms with Gasteiger partial charge in [0.1, 0.15) is 17.7 Å². The first-order valence-corrected chi connectivity index (χ1v) is 10.7. The number of aromatic nitrogens is 4. The number of hydrogen-bond donors (Lipinski definition) is 1. The van der Waals surface area contributed by atoms with Crippen LogP contribution in [0.5, 0.6) is 0 Å². The van der Waals surface area contributed by atoms with Gasteiger partial charge in [-0.3, -0.25) is 0 Å². The predicted octanol–water partition coefficient (Wildman–Crippen LogP) is 1.18. The molecule has 0 spiro atoms. The van der Waals surface area contributed by atoms with Crippen LogP contribution in [-0.2, 0) is 0 Å². The summed E-state index contributed by atoms with van der Waals surface area (Å²) >= 11 is 0. The number of aliphatic hydroxyl groups excluding tert-OH is 1. The smallest absolute Gasteiger partial charge is 0.227 e. The van der Waals surface area contributed by atoms with Crippen LogP contribution < -0.4 is 14.7 Å². The summed E-state index contributed by atoms with van der Waals surface area (Å²) in [6.45, 7) is 11.8. The molecule has 30 heavy (non-hydrogen) atoms. The number of aliphatic hydroxyl groups is 1. The largest absolute Gasteiger partial charge is 0.385 e. The zero-order valence-electron chi connectivity index (χ0n) is 18.3. The number of anilines is 3. The molecule has 2 aliphatic heterocycles. The number of nitrogens with zero attached hydrogens (tertiary/aromatic N) is 8. The Bertz CT molecular complexity index is 842. The molecule has 2 fully saturated rings. The van der Waals surface area contributed by atoms with E-state index in [0.29, 0.717) is 5.82 Å². The molecular formula is C21H32N8O. The summed E-state index contributed by atoms with van der Waals surface area (Å²) in [6, 6.07) is 4.44. The van der Waals surface area contributed by atoms with Crippen molar-refractivity contribution >= 4 is 17.6 Å². The van der Waals surface area contributed by atoms with E-state index in [9.17, 15) is 5.11 Å². The van der Waals surface area contributed by atoms with Gasteiger partial charge >= 0.3 is 0 Å². The number of piperazine rings is 2. The van der Waals surface area contributed by atoms with Gasteiger partial charge in [0.05, 0.1) is 0 Å². The third kappa shape index (κ3) is 4.32. The van der Waals surface area contributed by atoms with Crippen molar-refractivity contribution in [3.8, 4) is 0 Å². The van der Waals surface area contributed by atoms with Crippen LogP contribution in [0.2, 0.25) is 0 Å². The molecule has 0 aliphatic carbocycles. The molecule has 0 radical (unpaired) electrons. The van der Waals surface area contributed by atoms with Crippen LogP contribution in [0.4, 0.5) is 17.6 Å². The molecule has 9 nitrogen and oxygen atoms in total. The first kappa shape index (κ1) is 20.7. The Hall–Kier alpha value is -2.52. The molecule has 162 valence electrons. The maximum absolute atomic E-state index is 9.82. The van der Waals surface area contributed by atoms with Gasteiger partial charge in [-0.25, -0.2) is 15.0 Å². The third-order valence-electron chi connectivity index (χ3n) is 5.95. The zero-order chi connectivity index (χ0) is 21.3. The highest BCUT2D eigenvalue weighted by Crippen LogP contribution is 2.27. The van der Waals surface area contributed by atoms with Crippen molar-refractivity contribution in [3.05, 3.63) is 30.4 Å². The fourth-order valence-corrected chi connectivity index (χ4v) is 4.34. The van der Waals surface area contributed by atoms with Gasteiger partial charge in [0.2, 0.25) is 5.95 Å². The molecule has 3 atom stereocenters. The second-order valence-electron chi connectivity index (χ2n) is 8.46. The van der Waals surface area contributed by atoms with Gasteiger partial charge in [-0.2, -0.15) is 4.98 Å². The minimum Gasteiger partial charge on any atom is -0.385 e. The summed E-state index contributed by atoms with van der Waals surface area (Å²) in [6.07, 6.45) is 2.93. The Morgan fingerprint density at radius 1 is 0.900 bits per heavy atom. The van der Waals surface area contributed by atoms with E-state index >= 15 is 0 Å². The molecule has 9 heteroatoms. The molecule has 1 N–H and O–H groups in total. The van der Waals surface area contributed by atoms with Crippen molar-refractivity contribution in [1.29, 1.82) is 0 Å². The van der Waals surface area contributed by atoms with E-state index < -0.39 is 6.10 Å². The van der Waals surface area contributed by atoms with E-state index in [-0.39, 0.29) is 12.1 Å². The summed E-state index contributed by atoms with van der Waals surface area (Å²) in [5, 5.41) is 9.82. The molecule has 0 amide bonds. The molecule has 3 unspecified atom stereocenters. The standard InChI is InChI=1S/C21H32N8O/c1-15-13-28(18-5-7-22-20(24-18)17(3)30)14-16(2)29(15)19-6-8-23-21(25-19)27-11-9-26(4)10-12-27/h5-8,15-17,30H,9-14H2,1-4H3. The van der Waals surface area contributed by atoms with Gasteiger partial charge in [-0.05, 0) is 40.0 Å². The molecule has 0 saturated carbocycles. The Kier molecular flexibility index (Phi) is 6.01. The van der Waals surface area contributed by atoms with Crippen LogP contribution in [0.3, 0.4) is 0 Å². The Labute approximate surface area is 178 Å². The molecule has 4 heterocycles. The van der Waals surface area contributed by atoms with Crippen molar-refractivity contribution in [3.63, 3.8) is 0 Å². The highest BCUT2D eigenvalue weighted by molar-refractivity contribution is 5.49. The quantitative estimate of drug-likeness (QED) is 0.795. The van der Waals surface area contributed by atoms with E-state index in [0.717, 1.165) is 56.9 Å². The van der Waals surface area contributed by atoms with Crippen LogP contribution in [0.25, 0.3) is 0 Å². The SMILES string of the molecule is CC(O)c1nccc(N2CC(C)N(c3ccnc(N4CCN(C)CC4)n3)C(C)C2)n1. The fourth-order valence-electron chi connectivity index (χ4n) is 4.34. The van der Waals surface area contributed by atoms with Crippen molar-refractivity contribution < 1.29 is 5.11 Å². The van der Waals surface area contributed by atoms with Gasteiger partial charge in [0.15, 0.2) is 5.82 Å². The summed E-state index contributed by atoms with van der Waals surface area (Å²) in [5.41, 5.74) is 0. The van der Waals surface area contributed by atoms with E-state index in [1.807, 2.05) is 18.3 Å². The normalized spacial score (nSPS) is 24.2. The van der Waals surface area contributed by atoms with Crippen molar-refractivity contribution in [2.45, 2.75) is 39.0 Å². The lowest BCUT2D eigenvalue weighted by molar-refractivity contribution is 0.189. The predicted molar refractivity (Wildman–Crippen MR) is 118 cm³/mol. The van der Waals surface area contributed by atoms with E-state index in [2.05, 4.69) is 55.4 Å². The minimum atomic E-state index is -0.671. The summed E-state index contributed by atoms with van der Waals surface area (Å²) in [5.74, 6) is 3.12. The average molecular weight is 413 g/mol. The number of rotatable bonds is 4. The lowest BCUT2D eigenvalue weighted by Gasteiger charge is -2.45. The van der Waals surface area contributed by atoms with Crippen molar-refractivity contribution in [1.82, 2.24) is 24.8 Å². The number of likely N-dealkylation sites (N-methyl/N-ethyl adjacent to an activating group) is 1. The molecular weight excluding hydrogens is 380 g/mol. The van der Waals surface area contributed by atoms with Gasteiger partial charge < -0.3 is 24.7 Å². The van der Waals surface area contributed by atoms with Gasteiger partial charge in [-0.15, -0.1) is 0 Å². The number of hydrogen-bond acceptors (Lipinski definition) is 9. The fraction of sp³-hybridized carbons (Fsp3) is 0.619. The van der Waals surface area contributed by atoms with E-state index in [1.54, 1.807) is 13.1 Å². The summed E-state index contributed by atoms with van der Waals surface area (Å²) in [4.78, 5) is 27.4. The highest BCUT2D eigenvalue weighted by Gasteiger charge is 2.32. The van der Waals surface area contributed by atoms with Crippen LogP contribution in [-0.4, -0.2) is 88.3 Å². The first-order valence-electron chi connectivity index (χ1n) is 10.7. The van der Waals surface area contributed by atoms with Crippen LogP contribution in [0, 0.1) is 0 Å². The maximum atomic E-state index is 9.82. The van der Waals surface area contributed by atoms with E-state index in [1.165, 1.54) is 0 Å². The molecule has 2 aromatic heterocycles. The third-order valence-corrected chi connectivity index (χ3v) is 5.95. The molecule has 0 bridgehead atoms. The van der Waals surface area contributed by atoms with Gasteiger partial charge in [0, 0.05) is 63.7 Å². The zero-order valence-corrected chi connectivity index (χ0v) is 18.3. The van der Waals surface area contributed by atoms with Crippen LogP contribution >= 0.6 is 0 Å². The molecule has 2 saturated heterocycles. The maximum Gasteiger partial charge on any atom is 0.227 e. The topological polar surface area (TPSA) is 84.8 Å². The van der Waals surface area contributed by atoms with Crippen molar-refractivity contribution in [2.24, 2.45) is 0 Å². The second-order valence-corrected chi connectivity index (χ2v) is 8.46. The Morgan fingerprint density at radius 2 is 1.53 bits per heavy atom. The minimum absolute atomic E-state index is 0.258.